The van der Waals surface area contributed by atoms with Crippen molar-refractivity contribution in [2.45, 2.75) is 13.1 Å². The van der Waals surface area contributed by atoms with Crippen LogP contribution < -0.4 is 10.9 Å². The molecule has 13 heteroatoms. The Morgan fingerprint density at radius 1 is 1.19 bits per heavy atom. The molecule has 0 saturated heterocycles. The van der Waals surface area contributed by atoms with Crippen molar-refractivity contribution in [2.75, 3.05) is 5.32 Å². The average molecular weight is 544 g/mol. The van der Waals surface area contributed by atoms with Crippen LogP contribution in [0.25, 0.3) is 11.3 Å². The maximum Gasteiger partial charge on any atom is 0.302 e. The van der Waals surface area contributed by atoms with E-state index >= 15 is 0 Å². The van der Waals surface area contributed by atoms with Crippen molar-refractivity contribution in [3.05, 3.63) is 96.3 Å². The van der Waals surface area contributed by atoms with Crippen molar-refractivity contribution in [1.29, 1.82) is 0 Å². The van der Waals surface area contributed by atoms with E-state index in [4.69, 9.17) is 16.1 Å². The number of rotatable bonds is 8. The van der Waals surface area contributed by atoms with Crippen molar-refractivity contribution < 1.29 is 18.5 Å². The number of anilines is 1. The molecule has 0 aromatic carbocycles. The maximum atomic E-state index is 14.9. The van der Waals surface area contributed by atoms with Crippen LogP contribution in [0.5, 0.6) is 0 Å². The lowest BCUT2D eigenvalue weighted by Gasteiger charge is -2.07. The van der Waals surface area contributed by atoms with Crippen LogP contribution in [0.2, 0.25) is 4.34 Å². The first kappa shape index (κ1) is 23.9. The summed E-state index contributed by atoms with van der Waals surface area (Å²) in [7, 11) is 0. The fourth-order valence-electron chi connectivity index (χ4n) is 3.38. The lowest BCUT2D eigenvalue weighted by molar-refractivity contribution is 0.0937. The molecule has 5 aromatic rings. The molecule has 5 heterocycles. The van der Waals surface area contributed by atoms with E-state index < -0.39 is 17.3 Å². The topological polar surface area (TPSA) is 112 Å². The number of halogens is 2. The third kappa shape index (κ3) is 4.91. The van der Waals surface area contributed by atoms with Crippen LogP contribution in [0.4, 0.5) is 10.2 Å². The Bertz CT molecular complexity index is 1610. The first-order valence-corrected chi connectivity index (χ1v) is 12.5. The van der Waals surface area contributed by atoms with Gasteiger partial charge in [-0.2, -0.15) is 9.78 Å². The second kappa shape index (κ2) is 10.0. The third-order valence-corrected chi connectivity index (χ3v) is 7.23. The summed E-state index contributed by atoms with van der Waals surface area (Å²) in [6.45, 7) is 0.0569. The van der Waals surface area contributed by atoms with Crippen LogP contribution in [0.1, 0.15) is 25.0 Å². The largest absolute Gasteiger partial charge is 0.365 e. The van der Waals surface area contributed by atoms with Crippen LogP contribution in [-0.2, 0) is 13.1 Å². The van der Waals surface area contributed by atoms with Gasteiger partial charge in [-0.05, 0) is 23.6 Å². The second-order valence-electron chi connectivity index (χ2n) is 7.48. The molecular weight excluding hydrogens is 529 g/mol. The predicted octanol–water partition coefficient (Wildman–Crippen LogP) is 4.80. The minimum atomic E-state index is -0.838. The molecule has 0 spiro atoms. The highest BCUT2D eigenvalue weighted by Gasteiger charge is 2.22. The number of hydrogen-bond acceptors (Lipinski definition) is 9. The van der Waals surface area contributed by atoms with Crippen LogP contribution in [0.3, 0.4) is 0 Å². The number of pyridine rings is 1. The van der Waals surface area contributed by atoms with Gasteiger partial charge in [0.25, 0.3) is 5.56 Å². The molecule has 5 rings (SSSR count). The van der Waals surface area contributed by atoms with Crippen molar-refractivity contribution in [3.63, 3.8) is 0 Å². The van der Waals surface area contributed by atoms with Gasteiger partial charge in [-0.1, -0.05) is 22.8 Å². The van der Waals surface area contributed by atoms with Crippen molar-refractivity contribution in [1.82, 2.24) is 19.5 Å². The number of ketones is 1. The van der Waals surface area contributed by atoms with Gasteiger partial charge in [-0.15, -0.1) is 22.7 Å². The number of nitrogens with zero attached hydrogens (tertiary/aromatic N) is 4. The van der Waals surface area contributed by atoms with E-state index in [1.54, 1.807) is 23.6 Å². The lowest BCUT2D eigenvalue weighted by Crippen LogP contribution is -2.24. The molecule has 5 aromatic heterocycles. The van der Waals surface area contributed by atoms with E-state index in [9.17, 15) is 18.8 Å². The molecule has 0 amide bonds. The van der Waals surface area contributed by atoms with Gasteiger partial charge in [0.05, 0.1) is 33.6 Å². The fraction of sp³-hybridized carbons (Fsp3) is 0.0870. The summed E-state index contributed by atoms with van der Waals surface area (Å²) in [6, 6.07) is 10.6. The standard InChI is InChI=1S/C23H15ClFN5O4S2/c24-20-4-3-13(36-20)10-26-21-9-17(27-30(21)23(33)16-5-6-34-28-16)14-11-29(22(32)8-15(14)25)12-18(31)19-2-1-7-35-19/h1-9,11,26H,10,12H2. The summed E-state index contributed by atoms with van der Waals surface area (Å²) in [5.41, 5.74) is -0.651. The fourth-order valence-corrected chi connectivity index (χ4v) is 5.07. The van der Waals surface area contributed by atoms with Gasteiger partial charge in [0, 0.05) is 29.3 Å². The Kier molecular flexibility index (Phi) is 6.63. The number of nitrogens with one attached hydrogen (secondary N) is 1. The predicted molar refractivity (Wildman–Crippen MR) is 133 cm³/mol. The Balaban J connectivity index is 1.51. The summed E-state index contributed by atoms with van der Waals surface area (Å²) in [4.78, 5) is 39.3. The Labute approximate surface area is 215 Å². The molecule has 0 radical (unpaired) electrons. The quantitative estimate of drug-likeness (QED) is 0.280. The first-order valence-electron chi connectivity index (χ1n) is 10.4. The second-order valence-corrected chi connectivity index (χ2v) is 10.2. The zero-order valence-electron chi connectivity index (χ0n) is 18.2. The zero-order chi connectivity index (χ0) is 25.2. The minimum Gasteiger partial charge on any atom is -0.365 e. The van der Waals surface area contributed by atoms with Gasteiger partial charge in [-0.25, -0.2) is 4.39 Å². The molecule has 9 nitrogen and oxygen atoms in total. The number of carbonyl (C=O) groups excluding carboxylic acids is 2. The molecule has 182 valence electrons. The summed E-state index contributed by atoms with van der Waals surface area (Å²) < 4.78 is 22.4. The highest BCUT2D eigenvalue weighted by molar-refractivity contribution is 7.16. The van der Waals surface area contributed by atoms with Gasteiger partial charge in [0.2, 0.25) is 0 Å². The molecule has 0 fully saturated rings. The highest BCUT2D eigenvalue weighted by atomic mass is 35.5. The maximum absolute atomic E-state index is 14.9. The van der Waals surface area contributed by atoms with Gasteiger partial charge in [0.1, 0.15) is 17.9 Å². The summed E-state index contributed by atoms with van der Waals surface area (Å²) in [5.74, 6) is -1.47. The Hall–Kier alpha value is -3.87. The van der Waals surface area contributed by atoms with Crippen LogP contribution in [0.15, 0.2) is 69.6 Å². The molecule has 0 atom stereocenters. The zero-order valence-corrected chi connectivity index (χ0v) is 20.6. The minimum absolute atomic E-state index is 0.00106. The number of thiophene rings is 2. The van der Waals surface area contributed by atoms with Gasteiger partial charge >= 0.3 is 5.91 Å². The highest BCUT2D eigenvalue weighted by Crippen LogP contribution is 2.27. The van der Waals surface area contributed by atoms with Crippen molar-refractivity contribution in [3.8, 4) is 11.3 Å². The third-order valence-electron chi connectivity index (χ3n) is 5.09. The molecule has 36 heavy (non-hydrogen) atoms. The van der Waals surface area contributed by atoms with E-state index in [1.165, 1.54) is 47.3 Å². The van der Waals surface area contributed by atoms with Gasteiger partial charge in [0.15, 0.2) is 11.5 Å². The smallest absolute Gasteiger partial charge is 0.302 e. The molecule has 0 unspecified atom stereocenters. The monoisotopic (exact) mass is 543 g/mol. The first-order chi connectivity index (χ1) is 17.4. The van der Waals surface area contributed by atoms with Crippen molar-refractivity contribution >= 4 is 51.8 Å². The van der Waals surface area contributed by atoms with E-state index in [0.29, 0.717) is 15.8 Å². The van der Waals surface area contributed by atoms with Gasteiger partial charge < -0.3 is 14.4 Å². The Morgan fingerprint density at radius 2 is 2.06 bits per heavy atom. The van der Waals surface area contributed by atoms with Crippen LogP contribution in [-0.4, -0.2) is 31.2 Å². The SMILES string of the molecule is O=C(Cn1cc(-c2cc(NCc3ccc(Cl)s3)n(C(=O)c3ccon3)n2)c(F)cc1=O)c1cccs1. The summed E-state index contributed by atoms with van der Waals surface area (Å²) >= 11 is 8.61. The van der Waals surface area contributed by atoms with Gasteiger partial charge in [-0.3, -0.25) is 14.4 Å². The molecule has 0 aliphatic heterocycles. The number of carbonyl (C=O) groups is 2. The van der Waals surface area contributed by atoms with E-state index in [0.717, 1.165) is 20.2 Å². The number of hydrogen-bond donors (Lipinski definition) is 1. The molecule has 0 aliphatic carbocycles. The van der Waals surface area contributed by atoms with E-state index in [1.807, 2.05) is 6.07 Å². The summed E-state index contributed by atoms with van der Waals surface area (Å²) in [6.07, 6.45) is 2.47. The summed E-state index contributed by atoms with van der Waals surface area (Å²) in [5, 5.41) is 12.8. The van der Waals surface area contributed by atoms with Crippen molar-refractivity contribution in [2.24, 2.45) is 0 Å². The molecule has 0 bridgehead atoms. The lowest BCUT2D eigenvalue weighted by atomic mass is 10.2. The molecular formula is C23H15ClFN5O4S2. The van der Waals surface area contributed by atoms with Crippen LogP contribution in [0, 0.1) is 5.82 Å². The number of aromatic nitrogens is 4. The molecule has 1 N–H and O–H groups in total. The number of Topliss-reactive ketones (excluding diaryl/α,β-unsaturated/α-hetero) is 1. The molecule has 0 saturated carbocycles. The molecule has 0 aliphatic rings. The van der Waals surface area contributed by atoms with Crippen LogP contribution >= 0.6 is 34.3 Å². The normalized spacial score (nSPS) is 11.1. The Morgan fingerprint density at radius 3 is 2.75 bits per heavy atom. The average Bonchev–Trinajstić information content (AvgIpc) is 3.66. The van der Waals surface area contributed by atoms with E-state index in [-0.39, 0.29) is 35.1 Å². The van der Waals surface area contributed by atoms with E-state index in [2.05, 4.69) is 15.6 Å².